The molecule has 0 amide bonds. The second kappa shape index (κ2) is 3.02. The molecule has 0 aliphatic heterocycles. The zero-order valence-electron chi connectivity index (χ0n) is 15.8. The van der Waals surface area contributed by atoms with E-state index < -0.39 is 0 Å². The van der Waals surface area contributed by atoms with Crippen LogP contribution in [0.25, 0.3) is 0 Å². The highest BCUT2D eigenvalue weighted by Crippen LogP contribution is 3.04. The minimum absolute atomic E-state index is 0.124. The molecule has 8 unspecified atom stereocenters. The molecule has 0 radical (unpaired) electrons. The van der Waals surface area contributed by atoms with Crippen LogP contribution in [-0.2, 0) is 0 Å². The molecule has 28 heavy (non-hydrogen) atoms. The fraction of sp³-hybridized carbons (Fsp3) is 0.741. The molecule has 1 aromatic rings. The lowest BCUT2D eigenvalue weighted by Crippen LogP contribution is -2.43. The van der Waals surface area contributed by atoms with Crippen molar-refractivity contribution in [3.05, 3.63) is 35.9 Å². The minimum atomic E-state index is 0.124. The van der Waals surface area contributed by atoms with E-state index in [1.807, 2.05) is 0 Å². The van der Waals surface area contributed by atoms with Gasteiger partial charge in [-0.2, -0.15) is 0 Å². The molecule has 138 valence electrons. The maximum Gasteiger partial charge on any atom is 0.169 e. The van der Waals surface area contributed by atoms with Crippen molar-refractivity contribution < 1.29 is 4.79 Å². The maximum atomic E-state index is 14.5. The molecular weight excluding hydrogens is 340 g/mol. The highest BCUT2D eigenvalue weighted by molar-refractivity contribution is 6.02. The Hall–Kier alpha value is -1.11. The first-order valence-corrected chi connectivity index (χ1v) is 12.5. The van der Waals surface area contributed by atoms with Gasteiger partial charge in [-0.05, 0) is 112 Å². The average Bonchev–Trinajstić information content (AvgIpc) is 3.45. The lowest BCUT2D eigenvalue weighted by atomic mass is 9.63. The Balaban J connectivity index is 1.26. The average molecular weight is 364 g/mol. The van der Waals surface area contributed by atoms with Crippen LogP contribution in [0.1, 0.15) is 10.4 Å². The molecule has 12 aliphatic carbocycles. The van der Waals surface area contributed by atoms with Crippen molar-refractivity contribution in [3.63, 3.8) is 0 Å². The van der Waals surface area contributed by atoms with E-state index in [1.165, 1.54) is 5.92 Å². The van der Waals surface area contributed by atoms with Gasteiger partial charge in [0.05, 0.1) is 0 Å². The third-order valence-corrected chi connectivity index (χ3v) is 14.9. The van der Waals surface area contributed by atoms with Crippen LogP contribution in [0.4, 0.5) is 0 Å². The molecule has 13 rings (SSSR count). The van der Waals surface area contributed by atoms with E-state index in [2.05, 4.69) is 30.3 Å². The van der Waals surface area contributed by atoms with Gasteiger partial charge in [-0.1, -0.05) is 30.3 Å². The molecule has 1 aromatic carbocycles. The molecule has 1 heteroatoms. The van der Waals surface area contributed by atoms with Crippen LogP contribution in [0, 0.1) is 118 Å². The summed E-state index contributed by atoms with van der Waals surface area (Å²) in [5, 5.41) is 0. The number of rotatable bonds is 2. The van der Waals surface area contributed by atoms with Crippen LogP contribution in [0.15, 0.2) is 30.3 Å². The quantitative estimate of drug-likeness (QED) is 0.731. The fourth-order valence-corrected chi connectivity index (χ4v) is 16.8. The first-order chi connectivity index (χ1) is 13.9. The van der Waals surface area contributed by atoms with Crippen LogP contribution in [-0.4, -0.2) is 5.78 Å². The van der Waals surface area contributed by atoms with E-state index in [-0.39, 0.29) is 5.41 Å². The minimum Gasteiger partial charge on any atom is -0.294 e. The summed E-state index contributed by atoms with van der Waals surface area (Å²) in [6.07, 6.45) is 0. The van der Waals surface area contributed by atoms with E-state index in [1.54, 1.807) is 0 Å². The predicted molar refractivity (Wildman–Crippen MR) is 99.5 cm³/mol. The van der Waals surface area contributed by atoms with Gasteiger partial charge >= 0.3 is 0 Å². The second-order valence-corrected chi connectivity index (χ2v) is 13.4. The van der Waals surface area contributed by atoms with Gasteiger partial charge < -0.3 is 0 Å². The zero-order valence-corrected chi connectivity index (χ0v) is 15.8. The topological polar surface area (TPSA) is 17.1 Å². The number of ketones is 1. The lowest BCUT2D eigenvalue weighted by Gasteiger charge is -2.38. The first-order valence-electron chi connectivity index (χ1n) is 12.5. The van der Waals surface area contributed by atoms with E-state index in [4.69, 9.17) is 0 Å². The summed E-state index contributed by atoms with van der Waals surface area (Å²) < 4.78 is 0. The standard InChI is InChI=1S/C27H24O/c28-26(6-4-2-1-3-5-6)27-23-17-11-8-7-9-13(11)19(23)21-15(9)16-10(7)14-12(8)18(17)24(27)20(14)22(16)25(21)27/h1-5,7-25H/t7?,8?,9?,10?,11-,12-,13-,14+,15+,16+,17-,18+,19+,20+,21+,22-,23?,24?,25?,27?/m0/s1. The summed E-state index contributed by atoms with van der Waals surface area (Å²) >= 11 is 0. The molecule has 20 atom stereocenters. The first kappa shape index (κ1) is 12.6. The van der Waals surface area contributed by atoms with Gasteiger partial charge in [-0.3, -0.25) is 4.79 Å². The Bertz CT molecular complexity index is 959. The third-order valence-electron chi connectivity index (χ3n) is 14.9. The largest absolute Gasteiger partial charge is 0.294 e. The van der Waals surface area contributed by atoms with Gasteiger partial charge in [-0.15, -0.1) is 0 Å². The molecule has 12 aliphatic rings. The zero-order chi connectivity index (χ0) is 17.2. The van der Waals surface area contributed by atoms with E-state index in [0.29, 0.717) is 5.78 Å². The van der Waals surface area contributed by atoms with Gasteiger partial charge in [0.2, 0.25) is 0 Å². The number of benzene rings is 1. The maximum absolute atomic E-state index is 14.5. The third kappa shape index (κ3) is 0.696. The van der Waals surface area contributed by atoms with Crippen molar-refractivity contribution in [3.8, 4) is 0 Å². The Kier molecular flexibility index (Phi) is 1.35. The summed E-state index contributed by atoms with van der Waals surface area (Å²) in [4.78, 5) is 14.5. The fourth-order valence-electron chi connectivity index (χ4n) is 16.8. The summed E-state index contributed by atoms with van der Waals surface area (Å²) in [5.41, 5.74) is 1.21. The van der Waals surface area contributed by atoms with Crippen LogP contribution >= 0.6 is 0 Å². The smallest absolute Gasteiger partial charge is 0.169 e. The molecule has 12 fully saturated rings. The SMILES string of the molecule is O=C(c1ccccc1)C12C3[C@@H]4[C@@H]5C6C7C8[C@@H]9[C@@H]6[C@@H]4C1[C@H]9[C@@H]1C2[C@H]2[C@@H](C7[C@@H]5[C@@H]32)[C@H]81. The number of Topliss-reactive ketones (excluding diaryl/α,β-unsaturated/α-hetero) is 1. The number of carbonyl (C=O) groups is 1. The second-order valence-electron chi connectivity index (χ2n) is 13.4. The summed E-state index contributed by atoms with van der Waals surface area (Å²) in [6.45, 7) is 0. The summed E-state index contributed by atoms with van der Waals surface area (Å²) in [7, 11) is 0. The monoisotopic (exact) mass is 364 g/mol. The normalized spacial score (nSPS) is 82.9. The Morgan fingerprint density at radius 2 is 0.821 bits per heavy atom. The molecule has 0 saturated heterocycles. The molecule has 0 aromatic heterocycles. The van der Waals surface area contributed by atoms with Crippen LogP contribution in [0.5, 0.6) is 0 Å². The number of hydrogen-bond donors (Lipinski definition) is 0. The molecular formula is C27H24O. The van der Waals surface area contributed by atoms with Crippen LogP contribution < -0.4 is 0 Å². The van der Waals surface area contributed by atoms with Crippen molar-refractivity contribution in [2.45, 2.75) is 0 Å². The highest BCUT2D eigenvalue weighted by Gasteiger charge is 3.02. The Morgan fingerprint density at radius 1 is 0.500 bits per heavy atom. The number of carbonyl (C=O) groups excluding carboxylic acids is 1. The Labute approximate surface area is 164 Å². The summed E-state index contributed by atoms with van der Waals surface area (Å²) in [5.74, 6) is 20.5. The highest BCUT2D eigenvalue weighted by atomic mass is 16.1. The molecule has 0 N–H and O–H groups in total. The Morgan fingerprint density at radius 3 is 1.18 bits per heavy atom. The van der Waals surface area contributed by atoms with Crippen molar-refractivity contribution in [1.82, 2.24) is 0 Å². The van der Waals surface area contributed by atoms with Gasteiger partial charge in [0.1, 0.15) is 0 Å². The number of hydrogen-bond acceptors (Lipinski definition) is 1. The lowest BCUT2D eigenvalue weighted by molar-refractivity contribution is 0.0494. The van der Waals surface area contributed by atoms with Crippen LogP contribution in [0.2, 0.25) is 0 Å². The molecule has 12 saturated carbocycles. The van der Waals surface area contributed by atoms with Crippen molar-refractivity contribution >= 4 is 5.78 Å². The van der Waals surface area contributed by atoms with Gasteiger partial charge in [0.15, 0.2) is 5.78 Å². The molecule has 0 heterocycles. The van der Waals surface area contributed by atoms with Crippen molar-refractivity contribution in [2.24, 2.45) is 118 Å². The van der Waals surface area contributed by atoms with Gasteiger partial charge in [0.25, 0.3) is 0 Å². The molecule has 1 nitrogen and oxygen atoms in total. The predicted octanol–water partition coefficient (Wildman–Crippen LogP) is 3.71. The summed E-state index contributed by atoms with van der Waals surface area (Å²) in [6, 6.07) is 10.7. The molecule has 0 spiro atoms. The van der Waals surface area contributed by atoms with Crippen LogP contribution in [0.3, 0.4) is 0 Å². The van der Waals surface area contributed by atoms with Gasteiger partial charge in [0, 0.05) is 11.0 Å². The molecule has 0 bridgehead atoms. The van der Waals surface area contributed by atoms with E-state index >= 15 is 0 Å². The van der Waals surface area contributed by atoms with Crippen molar-refractivity contribution in [1.29, 1.82) is 0 Å². The van der Waals surface area contributed by atoms with Gasteiger partial charge in [-0.25, -0.2) is 0 Å². The van der Waals surface area contributed by atoms with Crippen molar-refractivity contribution in [2.75, 3.05) is 0 Å². The van der Waals surface area contributed by atoms with E-state index in [9.17, 15) is 4.79 Å². The van der Waals surface area contributed by atoms with E-state index in [0.717, 1.165) is 112 Å².